The third-order valence-corrected chi connectivity index (χ3v) is 3.84. The molecule has 0 aliphatic carbocycles. The van der Waals surface area contributed by atoms with Gasteiger partial charge < -0.3 is 0 Å². The minimum atomic E-state index is -1.19. The van der Waals surface area contributed by atoms with Crippen molar-refractivity contribution in [2.75, 3.05) is 11.5 Å². The number of alkyl halides is 1. The van der Waals surface area contributed by atoms with Crippen molar-refractivity contribution in [2.45, 2.75) is 24.9 Å². The molecule has 0 nitrogen and oxygen atoms in total. The fraction of sp³-hybridized carbons (Fsp3) is 0.500. The normalized spacial score (nSPS) is 20.1. The number of thioether (sulfide) groups is 1. The Labute approximate surface area is 93.1 Å². The Balaban J connectivity index is 2.10. The van der Waals surface area contributed by atoms with Gasteiger partial charge in [-0.2, -0.15) is 11.8 Å². The average Bonchev–Trinajstić information content (AvgIpc) is 2.22. The van der Waals surface area contributed by atoms with Gasteiger partial charge in [-0.3, -0.25) is 0 Å². The van der Waals surface area contributed by atoms with Crippen LogP contribution in [0.15, 0.2) is 24.3 Å². The topological polar surface area (TPSA) is 0 Å². The maximum atomic E-state index is 14.3. The van der Waals surface area contributed by atoms with E-state index < -0.39 is 5.67 Å². The summed E-state index contributed by atoms with van der Waals surface area (Å²) >= 11 is 1.78. The summed E-state index contributed by atoms with van der Waals surface area (Å²) in [5, 5.41) is 0. The predicted molar refractivity (Wildman–Crippen MR) is 60.5 cm³/mol. The first-order valence-electron chi connectivity index (χ1n) is 5.20. The third kappa shape index (κ3) is 2.71. The largest absolute Gasteiger partial charge is 0.243 e. The lowest BCUT2D eigenvalue weighted by atomic mass is 9.90. The van der Waals surface area contributed by atoms with Crippen molar-refractivity contribution in [1.82, 2.24) is 0 Å². The van der Waals surface area contributed by atoms with Crippen LogP contribution in [0.5, 0.6) is 0 Å². The Hall–Kier alpha value is -0.570. The maximum absolute atomic E-state index is 14.3. The van der Waals surface area contributed by atoms with Gasteiger partial charge in [0, 0.05) is 6.42 Å². The SMILES string of the molecule is Fc1ccccc1CC1(F)CCSCC1. The van der Waals surface area contributed by atoms with E-state index >= 15 is 0 Å². The van der Waals surface area contributed by atoms with Crippen molar-refractivity contribution >= 4 is 11.8 Å². The molecule has 1 fully saturated rings. The molecule has 0 spiro atoms. The second-order valence-corrected chi connectivity index (χ2v) is 5.26. The molecule has 1 aromatic carbocycles. The van der Waals surface area contributed by atoms with Crippen molar-refractivity contribution in [1.29, 1.82) is 0 Å². The molecule has 0 amide bonds. The van der Waals surface area contributed by atoms with Crippen molar-refractivity contribution in [3.8, 4) is 0 Å². The van der Waals surface area contributed by atoms with E-state index in [1.54, 1.807) is 30.0 Å². The Kier molecular flexibility index (Phi) is 3.29. The smallest absolute Gasteiger partial charge is 0.126 e. The van der Waals surface area contributed by atoms with E-state index in [9.17, 15) is 8.78 Å². The monoisotopic (exact) mass is 228 g/mol. The fourth-order valence-corrected chi connectivity index (χ4v) is 3.12. The quantitative estimate of drug-likeness (QED) is 0.745. The summed E-state index contributed by atoms with van der Waals surface area (Å²) in [6.45, 7) is 0. The predicted octanol–water partition coefficient (Wildman–Crippen LogP) is 3.60. The molecule has 0 N–H and O–H groups in total. The molecule has 1 aromatic rings. The minimum Gasteiger partial charge on any atom is -0.243 e. The van der Waals surface area contributed by atoms with Gasteiger partial charge in [0.2, 0.25) is 0 Å². The number of benzene rings is 1. The highest BCUT2D eigenvalue weighted by molar-refractivity contribution is 7.99. The molecule has 0 radical (unpaired) electrons. The highest BCUT2D eigenvalue weighted by atomic mass is 32.2. The molecule has 1 heterocycles. The lowest BCUT2D eigenvalue weighted by Crippen LogP contribution is -2.31. The van der Waals surface area contributed by atoms with Gasteiger partial charge >= 0.3 is 0 Å². The lowest BCUT2D eigenvalue weighted by Gasteiger charge is -2.29. The van der Waals surface area contributed by atoms with E-state index in [0.29, 0.717) is 18.4 Å². The van der Waals surface area contributed by atoms with Gasteiger partial charge in [-0.1, -0.05) is 18.2 Å². The minimum absolute atomic E-state index is 0.222. The molecule has 0 saturated carbocycles. The van der Waals surface area contributed by atoms with E-state index in [1.807, 2.05) is 0 Å². The molecule has 0 bridgehead atoms. The zero-order chi connectivity index (χ0) is 10.7. The van der Waals surface area contributed by atoms with Crippen LogP contribution in [0.25, 0.3) is 0 Å². The molecular weight excluding hydrogens is 214 g/mol. The molecule has 2 rings (SSSR count). The summed E-state index contributed by atoms with van der Waals surface area (Å²) in [7, 11) is 0. The fourth-order valence-electron chi connectivity index (χ4n) is 1.90. The summed E-state index contributed by atoms with van der Waals surface area (Å²) in [4.78, 5) is 0. The molecular formula is C12H14F2S. The van der Waals surface area contributed by atoms with Crippen LogP contribution in [-0.4, -0.2) is 17.2 Å². The lowest BCUT2D eigenvalue weighted by molar-refractivity contribution is 0.149. The van der Waals surface area contributed by atoms with Crippen molar-refractivity contribution < 1.29 is 8.78 Å². The van der Waals surface area contributed by atoms with Crippen molar-refractivity contribution in [3.05, 3.63) is 35.6 Å². The van der Waals surface area contributed by atoms with Gasteiger partial charge in [0.05, 0.1) is 0 Å². The average molecular weight is 228 g/mol. The van der Waals surface area contributed by atoms with E-state index in [2.05, 4.69) is 0 Å². The van der Waals surface area contributed by atoms with Crippen LogP contribution in [0.1, 0.15) is 18.4 Å². The summed E-state index contributed by atoms with van der Waals surface area (Å²) in [6.07, 6.45) is 1.32. The standard InChI is InChI=1S/C12H14F2S/c13-11-4-2-1-3-10(11)9-12(14)5-7-15-8-6-12/h1-4H,5-9H2. The number of rotatable bonds is 2. The van der Waals surface area contributed by atoms with E-state index in [1.165, 1.54) is 6.07 Å². The van der Waals surface area contributed by atoms with Gasteiger partial charge in [-0.05, 0) is 36.0 Å². The molecule has 15 heavy (non-hydrogen) atoms. The Morgan fingerprint density at radius 1 is 1.20 bits per heavy atom. The molecule has 0 aromatic heterocycles. The first-order valence-corrected chi connectivity index (χ1v) is 6.35. The first-order chi connectivity index (χ1) is 7.20. The van der Waals surface area contributed by atoms with Crippen LogP contribution in [0.4, 0.5) is 8.78 Å². The highest BCUT2D eigenvalue weighted by Crippen LogP contribution is 2.34. The van der Waals surface area contributed by atoms with Crippen LogP contribution in [0, 0.1) is 5.82 Å². The third-order valence-electron chi connectivity index (χ3n) is 2.85. The van der Waals surface area contributed by atoms with Crippen LogP contribution in [0.2, 0.25) is 0 Å². The van der Waals surface area contributed by atoms with E-state index in [4.69, 9.17) is 0 Å². The summed E-state index contributed by atoms with van der Waals surface area (Å²) < 4.78 is 27.6. The first kappa shape index (κ1) is 10.9. The molecule has 0 atom stereocenters. The van der Waals surface area contributed by atoms with Gasteiger partial charge in [0.1, 0.15) is 11.5 Å². The zero-order valence-corrected chi connectivity index (χ0v) is 9.33. The van der Waals surface area contributed by atoms with Crippen molar-refractivity contribution in [3.63, 3.8) is 0 Å². The Bertz CT molecular complexity index is 332. The van der Waals surface area contributed by atoms with Crippen molar-refractivity contribution in [2.24, 2.45) is 0 Å². The molecule has 1 saturated heterocycles. The van der Waals surface area contributed by atoms with Crippen LogP contribution in [0.3, 0.4) is 0 Å². The number of hydrogen-bond donors (Lipinski definition) is 0. The van der Waals surface area contributed by atoms with Crippen LogP contribution >= 0.6 is 11.8 Å². The summed E-state index contributed by atoms with van der Waals surface area (Å²) in [6, 6.07) is 6.48. The summed E-state index contributed by atoms with van der Waals surface area (Å²) in [5.74, 6) is 1.42. The molecule has 1 aliphatic rings. The molecule has 82 valence electrons. The van der Waals surface area contributed by atoms with Gasteiger partial charge in [0.25, 0.3) is 0 Å². The van der Waals surface area contributed by atoms with E-state index in [0.717, 1.165) is 11.5 Å². The Morgan fingerprint density at radius 2 is 1.87 bits per heavy atom. The maximum Gasteiger partial charge on any atom is 0.126 e. The van der Waals surface area contributed by atoms with Crippen LogP contribution in [-0.2, 0) is 6.42 Å². The zero-order valence-electron chi connectivity index (χ0n) is 8.51. The number of halogens is 2. The summed E-state index contributed by atoms with van der Waals surface area (Å²) in [5.41, 5.74) is -0.681. The molecule has 1 aliphatic heterocycles. The van der Waals surface area contributed by atoms with Gasteiger partial charge in [-0.25, -0.2) is 8.78 Å². The Morgan fingerprint density at radius 3 is 2.53 bits per heavy atom. The second kappa shape index (κ2) is 4.52. The van der Waals surface area contributed by atoms with E-state index in [-0.39, 0.29) is 12.2 Å². The second-order valence-electron chi connectivity index (χ2n) is 4.03. The molecule has 3 heteroatoms. The van der Waals surface area contributed by atoms with Gasteiger partial charge in [0.15, 0.2) is 0 Å². The highest BCUT2D eigenvalue weighted by Gasteiger charge is 2.32. The molecule has 0 unspecified atom stereocenters. The van der Waals surface area contributed by atoms with Crippen LogP contribution < -0.4 is 0 Å². The number of hydrogen-bond acceptors (Lipinski definition) is 1. The van der Waals surface area contributed by atoms with Gasteiger partial charge in [-0.15, -0.1) is 0 Å².